The van der Waals surface area contributed by atoms with Crippen LogP contribution in [-0.4, -0.2) is 23.2 Å². The Morgan fingerprint density at radius 3 is 1.96 bits per heavy atom. The predicted octanol–water partition coefficient (Wildman–Crippen LogP) is 12.3. The topological polar surface area (TPSA) is 38.9 Å². The van der Waals surface area contributed by atoms with Crippen molar-refractivity contribution < 1.29 is 24.5 Å². The number of rotatable bonds is 6. The Balaban J connectivity index is 0.000000179. The Labute approximate surface area is 323 Å². The number of benzene rings is 5. The van der Waals surface area contributed by atoms with E-state index < -0.39 is 13.3 Å². The molecule has 52 heavy (non-hydrogen) atoms. The van der Waals surface area contributed by atoms with Gasteiger partial charge >= 0.3 is 142 Å². The number of aromatic nitrogens is 2. The van der Waals surface area contributed by atoms with Gasteiger partial charge in [-0.15, -0.1) is 18.2 Å². The number of hydrogen-bond acceptors (Lipinski definition) is 3. The first kappa shape index (κ1) is 37.2. The van der Waals surface area contributed by atoms with Crippen LogP contribution >= 0.6 is 0 Å². The molecule has 5 heteroatoms. The van der Waals surface area contributed by atoms with Crippen LogP contribution in [0, 0.1) is 19.1 Å². The van der Waals surface area contributed by atoms with Gasteiger partial charge < -0.3 is 9.40 Å². The minimum absolute atomic E-state index is 0. The molecule has 3 aromatic heterocycles. The van der Waals surface area contributed by atoms with Gasteiger partial charge in [-0.1, -0.05) is 72.8 Å². The first-order valence-corrected chi connectivity index (χ1v) is 24.9. The summed E-state index contributed by atoms with van der Waals surface area (Å²) in [6.07, 6.45) is 3.96. The van der Waals surface area contributed by atoms with Gasteiger partial charge in [-0.25, -0.2) is 0 Å². The molecule has 5 aromatic carbocycles. The molecule has 0 atom stereocenters. The average molecular weight is 916 g/mol. The monoisotopic (exact) mass is 917 g/mol. The van der Waals surface area contributed by atoms with Crippen molar-refractivity contribution in [3.05, 3.63) is 163 Å². The second-order valence-corrected chi connectivity index (χ2v) is 25.0. The van der Waals surface area contributed by atoms with Gasteiger partial charge in [0.25, 0.3) is 0 Å². The minimum atomic E-state index is -1.85. The molecule has 0 unspecified atom stereocenters. The summed E-state index contributed by atoms with van der Waals surface area (Å²) in [5.74, 6) is 7.67. The standard InChI is InChI=1S/C26H20NO.C21H22GeN.Ir/c1-17(2)19-13-14-27-24(16-19)22-10-6-9-21-23-15-20(18-7-4-3-5-8-18)11-12-25(23)28-26(21)22;1-16-13-21(23-15-20(16)22(2,3)4)19-12-8-11-18(14-19)17-9-6-5-7-10-17;/h3-9,11-17H,1-2H3;5-11,13-15H,1-4H3;/q2*-1;. The van der Waals surface area contributed by atoms with Crippen molar-refractivity contribution in [1.29, 1.82) is 0 Å². The summed E-state index contributed by atoms with van der Waals surface area (Å²) in [6, 6.07) is 50.6. The van der Waals surface area contributed by atoms with Crippen LogP contribution in [0.25, 0.3) is 66.7 Å². The summed E-state index contributed by atoms with van der Waals surface area (Å²) < 4.78 is 7.74. The largest absolute Gasteiger partial charge is 0 e. The van der Waals surface area contributed by atoms with Crippen LogP contribution in [0.1, 0.15) is 30.9 Å². The molecular weight excluding hydrogens is 873 g/mol. The van der Waals surface area contributed by atoms with Gasteiger partial charge in [-0.05, 0) is 40.9 Å². The number of fused-ring (bicyclic) bond motifs is 3. The molecule has 0 aliphatic rings. The summed E-state index contributed by atoms with van der Waals surface area (Å²) in [7, 11) is 0. The molecule has 0 saturated heterocycles. The van der Waals surface area contributed by atoms with Crippen LogP contribution in [0.5, 0.6) is 0 Å². The zero-order chi connectivity index (χ0) is 35.5. The fourth-order valence-corrected chi connectivity index (χ4v) is 10.2. The van der Waals surface area contributed by atoms with Gasteiger partial charge in [0.15, 0.2) is 0 Å². The predicted molar refractivity (Wildman–Crippen MR) is 217 cm³/mol. The third-order valence-corrected chi connectivity index (χ3v) is 13.8. The molecule has 0 spiro atoms. The third-order valence-electron chi connectivity index (χ3n) is 9.35. The Hall–Kier alpha value is -4.61. The van der Waals surface area contributed by atoms with E-state index in [0.717, 1.165) is 44.5 Å². The van der Waals surface area contributed by atoms with Crippen molar-refractivity contribution in [2.45, 2.75) is 44.0 Å². The summed E-state index contributed by atoms with van der Waals surface area (Å²) in [6.45, 7) is 6.59. The van der Waals surface area contributed by atoms with E-state index in [1.165, 1.54) is 37.8 Å². The fourth-order valence-electron chi connectivity index (χ4n) is 6.60. The quantitative estimate of drug-likeness (QED) is 0.123. The first-order chi connectivity index (χ1) is 24.7. The van der Waals surface area contributed by atoms with Gasteiger partial charge in [0.05, 0.1) is 5.58 Å². The van der Waals surface area contributed by atoms with E-state index in [4.69, 9.17) is 9.40 Å². The maximum absolute atomic E-state index is 6.26. The van der Waals surface area contributed by atoms with Crippen molar-refractivity contribution in [1.82, 2.24) is 9.97 Å². The second kappa shape index (κ2) is 16.0. The van der Waals surface area contributed by atoms with Gasteiger partial charge in [0, 0.05) is 31.7 Å². The Bertz CT molecular complexity index is 2450. The molecule has 0 aliphatic heterocycles. The number of hydrogen-bond donors (Lipinski definition) is 0. The van der Waals surface area contributed by atoms with Crippen molar-refractivity contribution in [2.24, 2.45) is 0 Å². The fraction of sp³-hybridized carbons (Fsp3) is 0.149. The molecule has 0 aliphatic carbocycles. The van der Waals surface area contributed by atoms with Crippen LogP contribution < -0.4 is 4.40 Å². The Morgan fingerprint density at radius 2 is 1.31 bits per heavy atom. The van der Waals surface area contributed by atoms with Gasteiger partial charge in [0.2, 0.25) is 0 Å². The van der Waals surface area contributed by atoms with Crippen LogP contribution in [-0.2, 0) is 20.1 Å². The molecule has 0 bridgehead atoms. The summed E-state index contributed by atoms with van der Waals surface area (Å²) in [5.41, 5.74) is 13.1. The molecule has 0 amide bonds. The van der Waals surface area contributed by atoms with Gasteiger partial charge in [0.1, 0.15) is 5.58 Å². The summed E-state index contributed by atoms with van der Waals surface area (Å²) in [5, 5.41) is 2.21. The van der Waals surface area contributed by atoms with Crippen LogP contribution in [0.3, 0.4) is 0 Å². The molecule has 0 N–H and O–H groups in total. The van der Waals surface area contributed by atoms with Crippen molar-refractivity contribution in [3.63, 3.8) is 0 Å². The number of furan rings is 1. The van der Waals surface area contributed by atoms with Crippen LogP contribution in [0.15, 0.2) is 144 Å². The summed E-state index contributed by atoms with van der Waals surface area (Å²) in [4.78, 5) is 9.31. The zero-order valence-electron chi connectivity index (χ0n) is 30.5. The molecule has 8 rings (SSSR count). The van der Waals surface area contributed by atoms with Crippen LogP contribution in [0.4, 0.5) is 0 Å². The number of pyridine rings is 2. The Kier molecular flexibility index (Phi) is 11.4. The smallest absolute Gasteiger partial charge is 0 e. The third kappa shape index (κ3) is 8.05. The first-order valence-electron chi connectivity index (χ1n) is 17.6. The van der Waals surface area contributed by atoms with Gasteiger partial charge in [-0.2, -0.15) is 0 Å². The maximum Gasteiger partial charge on any atom is 0 e. The maximum atomic E-state index is 6.26. The Morgan fingerprint density at radius 1 is 0.635 bits per heavy atom. The molecule has 0 saturated carbocycles. The number of nitrogens with zero attached hydrogens (tertiary/aromatic N) is 2. The van der Waals surface area contributed by atoms with E-state index in [2.05, 4.69) is 164 Å². The van der Waals surface area contributed by atoms with Crippen LogP contribution in [0.2, 0.25) is 17.3 Å². The second-order valence-electron chi connectivity index (χ2n) is 14.4. The van der Waals surface area contributed by atoms with E-state index in [9.17, 15) is 0 Å². The molecule has 0 fully saturated rings. The van der Waals surface area contributed by atoms with Crippen molar-refractivity contribution in [2.75, 3.05) is 0 Å². The molecule has 8 aromatic rings. The minimum Gasteiger partial charge on any atom is 0 e. The van der Waals surface area contributed by atoms with E-state index in [0.29, 0.717) is 5.92 Å². The normalized spacial score (nSPS) is 11.3. The molecular formula is C47H42GeIrN2O-2. The van der Waals surface area contributed by atoms with E-state index in [1.807, 2.05) is 30.5 Å². The zero-order valence-corrected chi connectivity index (χ0v) is 35.0. The van der Waals surface area contributed by atoms with E-state index in [1.54, 1.807) is 0 Å². The molecule has 261 valence electrons. The molecule has 3 heterocycles. The SMILES string of the molecule is CC(C)c1ccnc(-c2[c-]ccc3c2oc2ccc(-c4ccccc4)cc23)c1.Cc1cc(-c2[c-]ccc(-c3ccccc3)c2)nc[c]1[Ge]([CH3])([CH3])[CH3].[Ir]. The molecule has 1 radical (unpaired) electrons. The van der Waals surface area contributed by atoms with Gasteiger partial charge in [-0.3, -0.25) is 0 Å². The van der Waals surface area contributed by atoms with Crippen molar-refractivity contribution in [3.8, 4) is 44.8 Å². The number of aryl methyl sites for hydroxylation is 1. The van der Waals surface area contributed by atoms with E-state index in [-0.39, 0.29) is 20.1 Å². The molecule has 3 nitrogen and oxygen atoms in total. The average Bonchev–Trinajstić information content (AvgIpc) is 3.54. The van der Waals surface area contributed by atoms with E-state index >= 15 is 0 Å². The van der Waals surface area contributed by atoms with Crippen molar-refractivity contribution >= 4 is 39.6 Å². The summed E-state index contributed by atoms with van der Waals surface area (Å²) >= 11 is -1.85.